The van der Waals surface area contributed by atoms with Crippen LogP contribution < -0.4 is 5.32 Å². The van der Waals surface area contributed by atoms with Crippen molar-refractivity contribution in [1.29, 1.82) is 0 Å². The Bertz CT molecular complexity index is 91.8. The lowest BCUT2D eigenvalue weighted by atomic mass is 10.3. The van der Waals surface area contributed by atoms with Crippen molar-refractivity contribution in [3.8, 4) is 0 Å². The highest BCUT2D eigenvalue weighted by Gasteiger charge is 2.16. The Kier molecular flexibility index (Phi) is 4.99. The van der Waals surface area contributed by atoms with Crippen LogP contribution >= 0.6 is 12.4 Å². The first-order valence-electron chi connectivity index (χ1n) is 3.30. The van der Waals surface area contributed by atoms with Crippen LogP contribution in [0, 0.1) is 0 Å². The Hall–Kier alpha value is 0.170. The lowest BCUT2D eigenvalue weighted by molar-refractivity contribution is -0.0518. The maximum atomic E-state index is 8.64. The molecule has 1 saturated heterocycles. The summed E-state index contributed by atoms with van der Waals surface area (Å²) in [4.78, 5) is 0. The molecular formula is C6H14ClNO2. The predicted octanol–water partition coefficient (Wildman–Crippen LogP) is -0.223. The molecule has 1 rings (SSSR count). The van der Waals surface area contributed by atoms with Gasteiger partial charge < -0.3 is 15.2 Å². The maximum Gasteiger partial charge on any atom is 0.0933 e. The first kappa shape index (κ1) is 10.2. The fourth-order valence-corrected chi connectivity index (χ4v) is 0.980. The number of aliphatic hydroxyl groups is 1. The van der Waals surface area contributed by atoms with Gasteiger partial charge in [-0.3, -0.25) is 0 Å². The van der Waals surface area contributed by atoms with Crippen LogP contribution in [0.1, 0.15) is 6.92 Å². The molecule has 1 aliphatic heterocycles. The SMILES string of the molecule is CC1CNC[C@@H](CO)O1.Cl. The monoisotopic (exact) mass is 167 g/mol. The number of halogens is 1. The highest BCUT2D eigenvalue weighted by molar-refractivity contribution is 5.85. The van der Waals surface area contributed by atoms with E-state index >= 15 is 0 Å². The smallest absolute Gasteiger partial charge is 0.0933 e. The highest BCUT2D eigenvalue weighted by Crippen LogP contribution is 2.00. The average Bonchev–Trinajstić information content (AvgIpc) is 1.88. The number of hydrogen-bond acceptors (Lipinski definition) is 3. The Morgan fingerprint density at radius 1 is 1.60 bits per heavy atom. The van der Waals surface area contributed by atoms with E-state index < -0.39 is 0 Å². The zero-order valence-electron chi connectivity index (χ0n) is 6.04. The van der Waals surface area contributed by atoms with E-state index in [1.165, 1.54) is 0 Å². The summed E-state index contributed by atoms with van der Waals surface area (Å²) in [7, 11) is 0. The first-order chi connectivity index (χ1) is 4.33. The summed E-state index contributed by atoms with van der Waals surface area (Å²) >= 11 is 0. The van der Waals surface area contributed by atoms with E-state index in [1.54, 1.807) is 0 Å². The lowest BCUT2D eigenvalue weighted by Crippen LogP contribution is -2.44. The third-order valence-corrected chi connectivity index (χ3v) is 1.43. The summed E-state index contributed by atoms with van der Waals surface area (Å²) in [6.45, 7) is 3.80. The maximum absolute atomic E-state index is 8.64. The number of morpholine rings is 1. The molecule has 1 fully saturated rings. The molecule has 1 aliphatic rings. The van der Waals surface area contributed by atoms with Crippen LogP contribution in [0.3, 0.4) is 0 Å². The third-order valence-electron chi connectivity index (χ3n) is 1.43. The summed E-state index contributed by atoms with van der Waals surface area (Å²) in [5.41, 5.74) is 0. The van der Waals surface area contributed by atoms with Crippen LogP contribution in [-0.2, 0) is 4.74 Å². The molecule has 10 heavy (non-hydrogen) atoms. The summed E-state index contributed by atoms with van der Waals surface area (Å²) < 4.78 is 5.32. The van der Waals surface area contributed by atoms with E-state index in [0.717, 1.165) is 13.1 Å². The van der Waals surface area contributed by atoms with Crippen LogP contribution in [0.15, 0.2) is 0 Å². The average molecular weight is 168 g/mol. The molecule has 0 spiro atoms. The van der Waals surface area contributed by atoms with Crippen LogP contribution in [0.5, 0.6) is 0 Å². The second-order valence-corrected chi connectivity index (χ2v) is 2.41. The largest absolute Gasteiger partial charge is 0.394 e. The molecule has 0 aromatic heterocycles. The van der Waals surface area contributed by atoms with Crippen LogP contribution in [0.4, 0.5) is 0 Å². The summed E-state index contributed by atoms with van der Waals surface area (Å²) in [5, 5.41) is 11.8. The fraction of sp³-hybridized carbons (Fsp3) is 1.00. The van der Waals surface area contributed by atoms with Crippen molar-refractivity contribution in [3.05, 3.63) is 0 Å². The van der Waals surface area contributed by atoms with Gasteiger partial charge in [0.1, 0.15) is 0 Å². The Balaban J connectivity index is 0.000000810. The molecule has 0 aromatic rings. The van der Waals surface area contributed by atoms with E-state index in [1.807, 2.05) is 6.92 Å². The molecule has 2 atom stereocenters. The minimum absolute atomic E-state index is 0. The predicted molar refractivity (Wildman–Crippen MR) is 41.5 cm³/mol. The fourth-order valence-electron chi connectivity index (χ4n) is 0.980. The molecule has 1 unspecified atom stereocenters. The molecule has 0 radical (unpaired) electrons. The number of aliphatic hydroxyl groups excluding tert-OH is 1. The quantitative estimate of drug-likeness (QED) is 0.568. The van der Waals surface area contributed by atoms with Crippen molar-refractivity contribution in [3.63, 3.8) is 0 Å². The molecular weight excluding hydrogens is 154 g/mol. The number of rotatable bonds is 1. The lowest BCUT2D eigenvalue weighted by Gasteiger charge is -2.27. The molecule has 0 saturated carbocycles. The Morgan fingerprint density at radius 2 is 2.30 bits per heavy atom. The van der Waals surface area contributed by atoms with Gasteiger partial charge in [0, 0.05) is 13.1 Å². The van der Waals surface area contributed by atoms with Crippen molar-refractivity contribution >= 4 is 12.4 Å². The first-order valence-corrected chi connectivity index (χ1v) is 3.30. The molecule has 1 heterocycles. The Morgan fingerprint density at radius 3 is 2.70 bits per heavy atom. The molecule has 0 bridgehead atoms. The molecule has 0 aliphatic carbocycles. The third kappa shape index (κ3) is 2.84. The van der Waals surface area contributed by atoms with Gasteiger partial charge in [-0.1, -0.05) is 0 Å². The Labute approximate surface area is 67.2 Å². The molecule has 4 heteroatoms. The van der Waals surface area contributed by atoms with Crippen molar-refractivity contribution in [2.45, 2.75) is 19.1 Å². The van der Waals surface area contributed by atoms with Crippen LogP contribution in [-0.4, -0.2) is 37.0 Å². The van der Waals surface area contributed by atoms with Gasteiger partial charge in [0.25, 0.3) is 0 Å². The summed E-state index contributed by atoms with van der Waals surface area (Å²) in [6.07, 6.45) is 0.254. The van der Waals surface area contributed by atoms with E-state index in [-0.39, 0.29) is 31.2 Å². The van der Waals surface area contributed by atoms with E-state index in [9.17, 15) is 0 Å². The minimum atomic E-state index is 0. The molecule has 2 N–H and O–H groups in total. The van der Waals surface area contributed by atoms with Gasteiger partial charge in [-0.15, -0.1) is 12.4 Å². The molecule has 62 valence electrons. The summed E-state index contributed by atoms with van der Waals surface area (Å²) in [6, 6.07) is 0. The topological polar surface area (TPSA) is 41.5 Å². The van der Waals surface area contributed by atoms with Gasteiger partial charge in [0.05, 0.1) is 18.8 Å². The van der Waals surface area contributed by atoms with E-state index in [2.05, 4.69) is 5.32 Å². The minimum Gasteiger partial charge on any atom is -0.394 e. The normalized spacial score (nSPS) is 33.0. The van der Waals surface area contributed by atoms with Crippen LogP contribution in [0.2, 0.25) is 0 Å². The molecule has 3 nitrogen and oxygen atoms in total. The summed E-state index contributed by atoms with van der Waals surface area (Å²) in [5.74, 6) is 0. The van der Waals surface area contributed by atoms with E-state index in [4.69, 9.17) is 9.84 Å². The van der Waals surface area contributed by atoms with Crippen molar-refractivity contribution in [2.24, 2.45) is 0 Å². The van der Waals surface area contributed by atoms with E-state index in [0.29, 0.717) is 0 Å². The van der Waals surface area contributed by atoms with Gasteiger partial charge in [-0.25, -0.2) is 0 Å². The van der Waals surface area contributed by atoms with Gasteiger partial charge in [-0.2, -0.15) is 0 Å². The van der Waals surface area contributed by atoms with Crippen LogP contribution in [0.25, 0.3) is 0 Å². The number of nitrogens with one attached hydrogen (secondary N) is 1. The van der Waals surface area contributed by atoms with Crippen molar-refractivity contribution in [2.75, 3.05) is 19.7 Å². The highest BCUT2D eigenvalue weighted by atomic mass is 35.5. The zero-order chi connectivity index (χ0) is 6.69. The number of ether oxygens (including phenoxy) is 1. The van der Waals surface area contributed by atoms with Gasteiger partial charge in [0.15, 0.2) is 0 Å². The second-order valence-electron chi connectivity index (χ2n) is 2.41. The molecule has 0 aromatic carbocycles. The van der Waals surface area contributed by atoms with Gasteiger partial charge in [-0.05, 0) is 6.92 Å². The van der Waals surface area contributed by atoms with Gasteiger partial charge in [0.2, 0.25) is 0 Å². The van der Waals surface area contributed by atoms with Crippen molar-refractivity contribution in [1.82, 2.24) is 5.32 Å². The molecule has 0 amide bonds. The van der Waals surface area contributed by atoms with Crippen molar-refractivity contribution < 1.29 is 9.84 Å². The number of hydrogen-bond donors (Lipinski definition) is 2. The standard InChI is InChI=1S/C6H13NO2.ClH/c1-5-2-7-3-6(4-8)9-5;/h5-8H,2-4H2,1H3;1H/t5?,6-;/m0./s1. The zero-order valence-corrected chi connectivity index (χ0v) is 6.86. The second kappa shape index (κ2) is 4.91. The van der Waals surface area contributed by atoms with Gasteiger partial charge >= 0.3 is 0 Å².